The first kappa shape index (κ1) is 22.1. The molecule has 0 spiro atoms. The topological polar surface area (TPSA) is 77.8 Å². The number of ketones is 1. The highest BCUT2D eigenvalue weighted by Gasteiger charge is 2.27. The van der Waals surface area contributed by atoms with Crippen molar-refractivity contribution in [3.05, 3.63) is 77.1 Å². The molecule has 1 aliphatic rings. The average molecular weight is 455 g/mol. The van der Waals surface area contributed by atoms with Crippen molar-refractivity contribution in [1.82, 2.24) is 8.87 Å². The molecule has 0 unspecified atom stereocenters. The molecule has 0 N–H and O–H groups in total. The third-order valence-electron chi connectivity index (χ3n) is 5.65. The molecule has 7 nitrogen and oxygen atoms in total. The Morgan fingerprint density at radius 2 is 1.69 bits per heavy atom. The van der Waals surface area contributed by atoms with Gasteiger partial charge in [-0.25, -0.2) is 8.42 Å². The molecule has 4 rings (SSSR count). The highest BCUT2D eigenvalue weighted by molar-refractivity contribution is 7.89. The molecule has 8 heteroatoms. The van der Waals surface area contributed by atoms with E-state index in [0.717, 1.165) is 21.3 Å². The Hall–Kier alpha value is -3.10. The van der Waals surface area contributed by atoms with E-state index in [4.69, 9.17) is 9.47 Å². The fourth-order valence-electron chi connectivity index (χ4n) is 3.83. The summed E-state index contributed by atoms with van der Waals surface area (Å²) in [5.41, 5.74) is 3.43. The van der Waals surface area contributed by atoms with E-state index in [1.807, 2.05) is 50.2 Å². The smallest absolute Gasteiger partial charge is 0.243 e. The SMILES string of the molecule is Cc1cc(C(=O)CN(C)S(=O)(=O)c2ccc3c(c2)OCCO3)c(C)n1Cc1ccccc1. The number of aromatic nitrogens is 1. The first-order chi connectivity index (χ1) is 15.3. The molecule has 0 aliphatic carbocycles. The number of hydrogen-bond acceptors (Lipinski definition) is 5. The highest BCUT2D eigenvalue weighted by Crippen LogP contribution is 2.33. The van der Waals surface area contributed by atoms with Crippen LogP contribution < -0.4 is 9.47 Å². The first-order valence-electron chi connectivity index (χ1n) is 10.4. The van der Waals surface area contributed by atoms with Gasteiger partial charge in [-0.2, -0.15) is 4.31 Å². The molecule has 1 aliphatic heterocycles. The van der Waals surface area contributed by atoms with Gasteiger partial charge in [0.25, 0.3) is 0 Å². The summed E-state index contributed by atoms with van der Waals surface area (Å²) < 4.78 is 40.2. The molecule has 2 heterocycles. The van der Waals surface area contributed by atoms with Crippen LogP contribution in [0.1, 0.15) is 27.3 Å². The Kier molecular flexibility index (Phi) is 6.08. The van der Waals surface area contributed by atoms with E-state index in [1.54, 1.807) is 6.07 Å². The summed E-state index contributed by atoms with van der Waals surface area (Å²) in [6.45, 7) is 5.02. The van der Waals surface area contributed by atoms with Gasteiger partial charge in [0.05, 0.1) is 11.4 Å². The van der Waals surface area contributed by atoms with Gasteiger partial charge >= 0.3 is 0 Å². The molecule has 0 fully saturated rings. The molecule has 0 saturated heterocycles. The maximum Gasteiger partial charge on any atom is 0.243 e. The van der Waals surface area contributed by atoms with Gasteiger partial charge in [-0.3, -0.25) is 4.79 Å². The minimum absolute atomic E-state index is 0.0617. The molecule has 1 aromatic heterocycles. The summed E-state index contributed by atoms with van der Waals surface area (Å²) >= 11 is 0. The van der Waals surface area contributed by atoms with Crippen LogP contribution in [0.15, 0.2) is 59.5 Å². The van der Waals surface area contributed by atoms with Gasteiger partial charge in [0.1, 0.15) is 13.2 Å². The number of benzene rings is 2. The van der Waals surface area contributed by atoms with Gasteiger partial charge in [-0.1, -0.05) is 30.3 Å². The van der Waals surface area contributed by atoms with Crippen molar-refractivity contribution in [2.75, 3.05) is 26.8 Å². The number of rotatable bonds is 7. The number of carbonyl (C=O) groups is 1. The van der Waals surface area contributed by atoms with Crippen LogP contribution >= 0.6 is 0 Å². The van der Waals surface area contributed by atoms with E-state index in [0.29, 0.717) is 36.8 Å². The monoisotopic (exact) mass is 454 g/mol. The fourth-order valence-corrected chi connectivity index (χ4v) is 4.97. The zero-order valence-electron chi connectivity index (χ0n) is 18.4. The number of carbonyl (C=O) groups excluding carboxylic acids is 1. The minimum Gasteiger partial charge on any atom is -0.486 e. The molecule has 0 saturated carbocycles. The summed E-state index contributed by atoms with van der Waals surface area (Å²) in [7, 11) is -2.46. The lowest BCUT2D eigenvalue weighted by Gasteiger charge is -2.21. The van der Waals surface area contributed by atoms with Crippen molar-refractivity contribution in [3.8, 4) is 11.5 Å². The zero-order valence-corrected chi connectivity index (χ0v) is 19.2. The summed E-state index contributed by atoms with van der Waals surface area (Å²) in [5, 5.41) is 0. The number of ether oxygens (including phenoxy) is 2. The van der Waals surface area contributed by atoms with Crippen LogP contribution in [-0.4, -0.2) is 49.9 Å². The van der Waals surface area contributed by atoms with E-state index >= 15 is 0 Å². The molecular weight excluding hydrogens is 428 g/mol. The molecule has 0 bridgehead atoms. The Labute approximate surface area is 188 Å². The molecule has 0 atom stereocenters. The standard InChI is InChI=1S/C24H26N2O5S/c1-17-13-21(18(2)26(17)15-19-7-5-4-6-8-19)22(27)16-25(3)32(28,29)20-9-10-23-24(14-20)31-12-11-30-23/h4-10,13-14H,11-12,15-16H2,1-3H3. The number of hydrogen-bond donors (Lipinski definition) is 0. The van der Waals surface area contributed by atoms with Crippen LogP contribution in [-0.2, 0) is 16.6 Å². The molecule has 32 heavy (non-hydrogen) atoms. The number of sulfonamides is 1. The van der Waals surface area contributed by atoms with Crippen LogP contribution in [0.4, 0.5) is 0 Å². The average Bonchev–Trinajstić information content (AvgIpc) is 3.07. The fraction of sp³-hybridized carbons (Fsp3) is 0.292. The van der Waals surface area contributed by atoms with Crippen LogP contribution in [0.5, 0.6) is 11.5 Å². The molecule has 0 radical (unpaired) electrons. The lowest BCUT2D eigenvalue weighted by atomic mass is 10.1. The van der Waals surface area contributed by atoms with E-state index < -0.39 is 10.0 Å². The summed E-state index contributed by atoms with van der Waals surface area (Å²) in [6, 6.07) is 16.3. The van der Waals surface area contributed by atoms with Gasteiger partial charge in [-0.15, -0.1) is 0 Å². The molecular formula is C24H26N2O5S. The number of likely N-dealkylation sites (N-methyl/N-ethyl adjacent to an activating group) is 1. The first-order valence-corrected chi connectivity index (χ1v) is 11.8. The van der Waals surface area contributed by atoms with Gasteiger partial charge in [0.2, 0.25) is 10.0 Å². The Morgan fingerprint density at radius 1 is 1.00 bits per heavy atom. The van der Waals surface area contributed by atoms with Crippen LogP contribution in [0.3, 0.4) is 0 Å². The lowest BCUT2D eigenvalue weighted by Crippen LogP contribution is -2.32. The molecule has 2 aromatic carbocycles. The van der Waals surface area contributed by atoms with Crippen molar-refractivity contribution in [3.63, 3.8) is 0 Å². The van der Waals surface area contributed by atoms with Gasteiger partial charge in [0, 0.05) is 36.6 Å². The van der Waals surface area contributed by atoms with Crippen LogP contribution in [0.25, 0.3) is 0 Å². The number of aryl methyl sites for hydroxylation is 1. The maximum absolute atomic E-state index is 13.1. The Bertz CT molecular complexity index is 1250. The second-order valence-electron chi connectivity index (χ2n) is 7.85. The van der Waals surface area contributed by atoms with E-state index in [-0.39, 0.29) is 17.2 Å². The molecule has 3 aromatic rings. The van der Waals surface area contributed by atoms with Crippen molar-refractivity contribution in [2.45, 2.75) is 25.3 Å². The van der Waals surface area contributed by atoms with Crippen LogP contribution in [0, 0.1) is 13.8 Å². The number of fused-ring (bicyclic) bond motifs is 1. The van der Waals surface area contributed by atoms with E-state index in [2.05, 4.69) is 4.57 Å². The number of Topliss-reactive ketones (excluding diaryl/α,β-unsaturated/α-hetero) is 1. The van der Waals surface area contributed by atoms with Crippen molar-refractivity contribution >= 4 is 15.8 Å². The largest absolute Gasteiger partial charge is 0.486 e. The number of nitrogens with zero attached hydrogens (tertiary/aromatic N) is 2. The van der Waals surface area contributed by atoms with Crippen LogP contribution in [0.2, 0.25) is 0 Å². The predicted octanol–water partition coefficient (Wildman–Crippen LogP) is 3.43. The van der Waals surface area contributed by atoms with E-state index in [9.17, 15) is 13.2 Å². The molecule has 168 valence electrons. The lowest BCUT2D eigenvalue weighted by molar-refractivity contribution is 0.0972. The van der Waals surface area contributed by atoms with Gasteiger partial charge in [0.15, 0.2) is 17.3 Å². The molecule has 0 amide bonds. The Balaban J connectivity index is 1.53. The van der Waals surface area contributed by atoms with Crippen molar-refractivity contribution in [1.29, 1.82) is 0 Å². The van der Waals surface area contributed by atoms with Crippen molar-refractivity contribution < 1.29 is 22.7 Å². The maximum atomic E-state index is 13.1. The second kappa shape index (κ2) is 8.80. The van der Waals surface area contributed by atoms with Gasteiger partial charge in [-0.05, 0) is 37.6 Å². The highest BCUT2D eigenvalue weighted by atomic mass is 32.2. The quantitative estimate of drug-likeness (QED) is 0.511. The van der Waals surface area contributed by atoms with Crippen molar-refractivity contribution in [2.24, 2.45) is 0 Å². The summed E-state index contributed by atoms with van der Waals surface area (Å²) in [4.78, 5) is 13.1. The summed E-state index contributed by atoms with van der Waals surface area (Å²) in [6.07, 6.45) is 0. The Morgan fingerprint density at radius 3 is 2.41 bits per heavy atom. The third-order valence-corrected chi connectivity index (χ3v) is 7.45. The second-order valence-corrected chi connectivity index (χ2v) is 9.89. The predicted molar refractivity (Wildman–Crippen MR) is 121 cm³/mol. The summed E-state index contributed by atoms with van der Waals surface area (Å²) in [5.74, 6) is 0.655. The zero-order chi connectivity index (χ0) is 22.9. The minimum atomic E-state index is -3.87. The normalized spacial score (nSPS) is 13.4. The third kappa shape index (κ3) is 4.28. The van der Waals surface area contributed by atoms with Gasteiger partial charge < -0.3 is 14.0 Å². The van der Waals surface area contributed by atoms with E-state index in [1.165, 1.54) is 19.2 Å².